The Labute approximate surface area is 118 Å². The number of benzene rings is 1. The molecule has 0 unspecified atom stereocenters. The standard InChI is InChI=1S/C13H19NO5S/c1-2-8-20(16,17)9-7-18-13(15)10-19-12-6-4-3-5-11(12)14/h3-6H,2,7-10,14H2,1H3. The van der Waals surface area contributed by atoms with Crippen LogP contribution in [0.2, 0.25) is 0 Å². The van der Waals surface area contributed by atoms with Crippen LogP contribution in [0.15, 0.2) is 24.3 Å². The number of hydrogen-bond donors (Lipinski definition) is 1. The van der Waals surface area contributed by atoms with Gasteiger partial charge in [-0.1, -0.05) is 19.1 Å². The first-order valence-electron chi connectivity index (χ1n) is 6.28. The van der Waals surface area contributed by atoms with Crippen LogP contribution in [0.5, 0.6) is 5.75 Å². The maximum absolute atomic E-state index is 11.4. The van der Waals surface area contributed by atoms with Gasteiger partial charge >= 0.3 is 5.97 Å². The number of rotatable bonds is 8. The third-order valence-electron chi connectivity index (χ3n) is 2.44. The van der Waals surface area contributed by atoms with E-state index in [1.165, 1.54) is 0 Å². The molecule has 6 nitrogen and oxygen atoms in total. The van der Waals surface area contributed by atoms with Crippen LogP contribution in [0.1, 0.15) is 13.3 Å². The van der Waals surface area contributed by atoms with Crippen molar-refractivity contribution in [3.05, 3.63) is 24.3 Å². The highest BCUT2D eigenvalue weighted by Crippen LogP contribution is 2.19. The highest BCUT2D eigenvalue weighted by Gasteiger charge is 2.11. The summed E-state index contributed by atoms with van der Waals surface area (Å²) in [5.41, 5.74) is 6.06. The van der Waals surface area contributed by atoms with Crippen molar-refractivity contribution in [2.75, 3.05) is 30.5 Å². The molecule has 0 atom stereocenters. The second-order valence-electron chi connectivity index (χ2n) is 4.20. The average molecular weight is 301 g/mol. The Morgan fingerprint density at radius 1 is 1.25 bits per heavy atom. The summed E-state index contributed by atoms with van der Waals surface area (Å²) in [6, 6.07) is 6.76. The number of para-hydroxylation sites is 2. The van der Waals surface area contributed by atoms with Crippen molar-refractivity contribution in [1.29, 1.82) is 0 Å². The molecule has 0 spiro atoms. The van der Waals surface area contributed by atoms with Gasteiger partial charge in [-0.3, -0.25) is 0 Å². The van der Waals surface area contributed by atoms with E-state index in [0.29, 0.717) is 17.9 Å². The zero-order valence-corrected chi connectivity index (χ0v) is 12.2. The zero-order chi connectivity index (χ0) is 15.0. The van der Waals surface area contributed by atoms with Gasteiger partial charge in [-0.15, -0.1) is 0 Å². The van der Waals surface area contributed by atoms with Crippen LogP contribution in [-0.2, 0) is 19.4 Å². The van der Waals surface area contributed by atoms with Gasteiger partial charge in [-0.05, 0) is 18.6 Å². The van der Waals surface area contributed by atoms with E-state index < -0.39 is 15.8 Å². The Balaban J connectivity index is 2.30. The fraction of sp³-hybridized carbons (Fsp3) is 0.462. The third-order valence-corrected chi connectivity index (χ3v) is 4.26. The van der Waals surface area contributed by atoms with Crippen LogP contribution in [0, 0.1) is 0 Å². The van der Waals surface area contributed by atoms with E-state index in [0.717, 1.165) is 0 Å². The average Bonchev–Trinajstić information content (AvgIpc) is 2.37. The van der Waals surface area contributed by atoms with Crippen LogP contribution in [0.4, 0.5) is 5.69 Å². The molecule has 2 N–H and O–H groups in total. The Bertz CT molecular complexity index is 541. The topological polar surface area (TPSA) is 95.7 Å². The minimum Gasteiger partial charge on any atom is -0.480 e. The normalized spacial score (nSPS) is 11.1. The highest BCUT2D eigenvalue weighted by molar-refractivity contribution is 7.91. The van der Waals surface area contributed by atoms with Gasteiger partial charge < -0.3 is 15.2 Å². The lowest BCUT2D eigenvalue weighted by molar-refractivity contribution is -0.145. The van der Waals surface area contributed by atoms with Crippen molar-refractivity contribution in [1.82, 2.24) is 0 Å². The van der Waals surface area contributed by atoms with E-state index >= 15 is 0 Å². The minimum absolute atomic E-state index is 0.0988. The van der Waals surface area contributed by atoms with Gasteiger partial charge in [-0.2, -0.15) is 0 Å². The number of anilines is 1. The SMILES string of the molecule is CCCS(=O)(=O)CCOC(=O)COc1ccccc1N. The van der Waals surface area contributed by atoms with Crippen LogP contribution >= 0.6 is 0 Å². The number of ether oxygens (including phenoxy) is 2. The van der Waals surface area contributed by atoms with E-state index in [9.17, 15) is 13.2 Å². The van der Waals surface area contributed by atoms with Crippen LogP contribution < -0.4 is 10.5 Å². The van der Waals surface area contributed by atoms with Gasteiger partial charge in [0.25, 0.3) is 0 Å². The van der Waals surface area contributed by atoms with Gasteiger partial charge in [0.05, 0.1) is 17.2 Å². The molecule has 7 heteroatoms. The molecule has 0 saturated carbocycles. The van der Waals surface area contributed by atoms with Gasteiger partial charge in [0.15, 0.2) is 16.4 Å². The lowest BCUT2D eigenvalue weighted by atomic mass is 10.3. The fourth-order valence-corrected chi connectivity index (χ4v) is 2.65. The Morgan fingerprint density at radius 3 is 2.60 bits per heavy atom. The lowest BCUT2D eigenvalue weighted by Gasteiger charge is -2.08. The quantitative estimate of drug-likeness (QED) is 0.569. The molecule has 0 amide bonds. The maximum Gasteiger partial charge on any atom is 0.344 e. The molecule has 0 aliphatic rings. The summed E-state index contributed by atoms with van der Waals surface area (Å²) in [7, 11) is -3.14. The van der Waals surface area contributed by atoms with Crippen molar-refractivity contribution in [2.45, 2.75) is 13.3 Å². The first-order valence-corrected chi connectivity index (χ1v) is 8.10. The third kappa shape index (κ3) is 5.92. The van der Waals surface area contributed by atoms with Gasteiger partial charge in [0.1, 0.15) is 12.4 Å². The van der Waals surface area contributed by atoms with Crippen LogP contribution in [0.25, 0.3) is 0 Å². The number of nitrogens with two attached hydrogens (primary N) is 1. The predicted octanol–water partition coefficient (Wildman–Crippen LogP) is 1.02. The summed E-state index contributed by atoms with van der Waals surface area (Å²) in [4.78, 5) is 11.4. The van der Waals surface area contributed by atoms with E-state index in [1.54, 1.807) is 31.2 Å². The number of esters is 1. The maximum atomic E-state index is 11.4. The molecule has 0 heterocycles. The Hall–Kier alpha value is -1.76. The van der Waals surface area contributed by atoms with E-state index in [1.807, 2.05) is 0 Å². The summed E-state index contributed by atoms with van der Waals surface area (Å²) in [5, 5.41) is 0. The smallest absolute Gasteiger partial charge is 0.344 e. The molecule has 0 aliphatic carbocycles. The first-order chi connectivity index (χ1) is 9.44. The number of sulfone groups is 1. The summed E-state index contributed by atoms with van der Waals surface area (Å²) in [6.45, 7) is 1.32. The molecule has 0 aromatic heterocycles. The highest BCUT2D eigenvalue weighted by atomic mass is 32.2. The molecular formula is C13H19NO5S. The van der Waals surface area contributed by atoms with Crippen molar-refractivity contribution < 1.29 is 22.7 Å². The molecule has 0 saturated heterocycles. The molecule has 0 bridgehead atoms. The zero-order valence-electron chi connectivity index (χ0n) is 11.4. The molecule has 0 aliphatic heterocycles. The second kappa shape index (κ2) is 7.74. The fourth-order valence-electron chi connectivity index (χ4n) is 1.49. The summed E-state index contributed by atoms with van der Waals surface area (Å²) in [5.74, 6) is -0.301. The molecule has 1 aromatic rings. The van der Waals surface area contributed by atoms with E-state index in [-0.39, 0.29) is 24.7 Å². The number of nitrogen functional groups attached to an aromatic ring is 1. The Kier molecular flexibility index (Phi) is 6.30. The molecule has 1 rings (SSSR count). The Morgan fingerprint density at radius 2 is 1.95 bits per heavy atom. The second-order valence-corrected chi connectivity index (χ2v) is 6.50. The summed E-state index contributed by atoms with van der Waals surface area (Å²) in [6.07, 6.45) is 0.548. The lowest BCUT2D eigenvalue weighted by Crippen LogP contribution is -2.21. The van der Waals surface area contributed by atoms with Gasteiger partial charge in [0.2, 0.25) is 0 Å². The van der Waals surface area contributed by atoms with Gasteiger partial charge in [-0.25, -0.2) is 13.2 Å². The molecule has 1 aromatic carbocycles. The number of carbonyl (C=O) groups excluding carboxylic acids is 1. The summed E-state index contributed by atoms with van der Waals surface area (Å²) >= 11 is 0. The van der Waals surface area contributed by atoms with Crippen LogP contribution in [-0.4, -0.2) is 39.1 Å². The molecule has 0 fully saturated rings. The van der Waals surface area contributed by atoms with Crippen LogP contribution in [0.3, 0.4) is 0 Å². The molecular weight excluding hydrogens is 282 g/mol. The molecule has 20 heavy (non-hydrogen) atoms. The first kappa shape index (κ1) is 16.3. The van der Waals surface area contributed by atoms with Crippen molar-refractivity contribution in [2.24, 2.45) is 0 Å². The molecule has 112 valence electrons. The predicted molar refractivity (Wildman–Crippen MR) is 76.3 cm³/mol. The van der Waals surface area contributed by atoms with E-state index in [2.05, 4.69) is 0 Å². The monoisotopic (exact) mass is 301 g/mol. The van der Waals surface area contributed by atoms with E-state index in [4.69, 9.17) is 15.2 Å². The molecule has 0 radical (unpaired) electrons. The summed E-state index contributed by atoms with van der Waals surface area (Å²) < 4.78 is 32.8. The van der Waals surface area contributed by atoms with Crippen molar-refractivity contribution in [3.8, 4) is 5.75 Å². The van der Waals surface area contributed by atoms with Crippen molar-refractivity contribution >= 4 is 21.5 Å². The number of carbonyl (C=O) groups is 1. The van der Waals surface area contributed by atoms with Crippen molar-refractivity contribution in [3.63, 3.8) is 0 Å². The largest absolute Gasteiger partial charge is 0.480 e. The minimum atomic E-state index is -3.14. The number of hydrogen-bond acceptors (Lipinski definition) is 6. The van der Waals surface area contributed by atoms with Gasteiger partial charge in [0, 0.05) is 0 Å².